The van der Waals surface area contributed by atoms with Crippen molar-refractivity contribution in [2.24, 2.45) is 0 Å². The normalized spacial score (nSPS) is 12.3. The highest BCUT2D eigenvalue weighted by molar-refractivity contribution is 5.98. The zero-order valence-corrected chi connectivity index (χ0v) is 42.7. The summed E-state index contributed by atoms with van der Waals surface area (Å²) >= 11 is 0. The van der Waals surface area contributed by atoms with Gasteiger partial charge in [0.1, 0.15) is 11.6 Å². The molecule has 4 heteroatoms. The van der Waals surface area contributed by atoms with Crippen LogP contribution in [0.1, 0.15) is 90.5 Å². The van der Waals surface area contributed by atoms with Crippen molar-refractivity contribution >= 4 is 11.0 Å². The van der Waals surface area contributed by atoms with Gasteiger partial charge in [-0.2, -0.15) is 0 Å². The predicted octanol–water partition coefficient (Wildman–Crippen LogP) is 18.1. The second-order valence-electron chi connectivity index (χ2n) is 21.4. The van der Waals surface area contributed by atoms with Crippen LogP contribution in [-0.4, -0.2) is 19.6 Å². The summed E-state index contributed by atoms with van der Waals surface area (Å²) in [5.74, 6) is 0.217. The molecule has 0 unspecified atom stereocenters. The molecule has 0 saturated heterocycles. The molecule has 4 nitrogen and oxygen atoms in total. The van der Waals surface area contributed by atoms with Gasteiger partial charge in [-0.3, -0.25) is 9.55 Å². The monoisotopic (exact) mass is 927 g/mol. The Kier molecular flexibility index (Phi) is 11.9. The molecule has 0 amide bonds. The highest BCUT2D eigenvalue weighted by Gasteiger charge is 2.27. The summed E-state index contributed by atoms with van der Waals surface area (Å²) in [7, 11) is 0. The fraction of sp³-hybridized carbons (Fsp3) is 0.194. The van der Waals surface area contributed by atoms with Gasteiger partial charge in [0.25, 0.3) is 0 Å². The molecule has 0 fully saturated rings. The van der Waals surface area contributed by atoms with Crippen LogP contribution in [0.3, 0.4) is 0 Å². The molecule has 0 aliphatic rings. The number of benzene rings is 8. The van der Waals surface area contributed by atoms with E-state index in [1.807, 2.05) is 39.1 Å². The second-order valence-corrected chi connectivity index (χ2v) is 21.4. The third kappa shape index (κ3) is 9.12. The highest BCUT2D eigenvalue weighted by atomic mass is 16.3. The topological polar surface area (TPSA) is 50.9 Å². The third-order valence-corrected chi connectivity index (χ3v) is 14.0. The van der Waals surface area contributed by atoms with Crippen LogP contribution < -0.4 is 0 Å². The van der Waals surface area contributed by atoms with Gasteiger partial charge in [-0.15, -0.1) is 0 Å². The van der Waals surface area contributed by atoms with Crippen LogP contribution >= 0.6 is 0 Å². The zero-order chi connectivity index (χ0) is 50.7. The molecular weight excluding hydrogens is 863 g/mol. The lowest BCUT2D eigenvalue weighted by molar-refractivity contribution is 0.471. The van der Waals surface area contributed by atoms with E-state index in [0.29, 0.717) is 11.4 Å². The molecule has 0 radical (unpaired) electrons. The van der Waals surface area contributed by atoms with Crippen molar-refractivity contribution < 1.29 is 6.48 Å². The minimum atomic E-state index is -0.680. The van der Waals surface area contributed by atoms with Crippen molar-refractivity contribution in [3.05, 3.63) is 216 Å². The molecule has 1 N–H and O–H groups in total. The van der Waals surface area contributed by atoms with Crippen LogP contribution in [-0.2, 0) is 10.8 Å². The minimum Gasteiger partial charge on any atom is -0.507 e. The van der Waals surface area contributed by atoms with Crippen LogP contribution in [0.15, 0.2) is 188 Å². The van der Waals surface area contributed by atoms with Gasteiger partial charge in [-0.05, 0) is 163 Å². The van der Waals surface area contributed by atoms with Crippen molar-refractivity contribution in [1.29, 1.82) is 0 Å². The first kappa shape index (κ1) is 45.6. The lowest BCUT2D eigenvalue weighted by Crippen LogP contribution is -2.13. The van der Waals surface area contributed by atoms with Crippen molar-refractivity contribution in [2.45, 2.75) is 86.0 Å². The number of aryl methyl sites for hydroxylation is 2. The third-order valence-electron chi connectivity index (χ3n) is 14.0. The molecule has 0 aliphatic carbocycles. The first-order valence-corrected chi connectivity index (χ1v) is 24.8. The van der Waals surface area contributed by atoms with E-state index in [2.05, 4.69) is 223 Å². The number of para-hydroxylation sites is 1. The molecule has 0 spiro atoms. The molecule has 0 bridgehead atoms. The van der Waals surface area contributed by atoms with Gasteiger partial charge >= 0.3 is 0 Å². The largest absolute Gasteiger partial charge is 0.507 e. The van der Waals surface area contributed by atoms with Crippen LogP contribution in [0.25, 0.3) is 95.0 Å². The van der Waals surface area contributed by atoms with Gasteiger partial charge in [0.05, 0.1) is 28.0 Å². The molecule has 0 aliphatic heterocycles. The smallest absolute Gasteiger partial charge is 0.149 e. The number of imidazole rings is 1. The highest BCUT2D eigenvalue weighted by Crippen LogP contribution is 2.45. The molecule has 0 saturated carbocycles. The van der Waals surface area contributed by atoms with Gasteiger partial charge in [0.15, 0.2) is 0 Å². The van der Waals surface area contributed by atoms with E-state index < -0.39 is 5.89 Å². The maximum atomic E-state index is 12.1. The molecule has 8 aromatic carbocycles. The average Bonchev–Trinajstić information content (AvgIpc) is 3.76. The van der Waals surface area contributed by atoms with Crippen LogP contribution in [0, 0.1) is 13.8 Å². The van der Waals surface area contributed by atoms with Gasteiger partial charge in [0.2, 0.25) is 0 Å². The summed E-state index contributed by atoms with van der Waals surface area (Å²) in [6, 6.07) is 64.6. The molecule has 71 heavy (non-hydrogen) atoms. The molecular formula is C67H63N3O. The van der Waals surface area contributed by atoms with E-state index in [4.69, 9.17) is 11.3 Å². The first-order valence-electron chi connectivity index (χ1n) is 25.3. The van der Waals surface area contributed by atoms with E-state index in [1.54, 1.807) is 0 Å². The lowest BCUT2D eigenvalue weighted by Gasteiger charge is -2.26. The van der Waals surface area contributed by atoms with E-state index in [9.17, 15) is 5.11 Å². The Morgan fingerprint density at radius 1 is 0.507 bits per heavy atom. The van der Waals surface area contributed by atoms with Gasteiger partial charge < -0.3 is 5.11 Å². The lowest BCUT2D eigenvalue weighted by atomic mass is 9.78. The van der Waals surface area contributed by atoms with Crippen molar-refractivity contribution in [1.82, 2.24) is 14.5 Å². The van der Waals surface area contributed by atoms with E-state index in [-0.39, 0.29) is 16.6 Å². The average molecular weight is 927 g/mol. The number of hydrogen-bond donors (Lipinski definition) is 1. The van der Waals surface area contributed by atoms with E-state index in [0.717, 1.165) is 89.2 Å². The number of phenolic OH excluding ortho intramolecular Hbond substituents is 1. The number of aromatic hydroxyl groups is 1. The predicted molar refractivity (Wildman–Crippen MR) is 300 cm³/mol. The number of fused-ring (bicyclic) bond motifs is 1. The summed E-state index contributed by atoms with van der Waals surface area (Å²) in [4.78, 5) is 10.6. The SMILES string of the molecule is [2H]C(C)(C)c1ccc(-c2ccnc(-c3cc(-c4ccccc4)cc(-c4cccc5c4nc(-c4cc(C(C)(C)C)cc(C)c4O)n5-c4ccc(-c5c(-c6ccccc6)cccc5C(C)(C)C)cc4C)c3)c2)cc1. The maximum Gasteiger partial charge on any atom is 0.149 e. The Labute approximate surface area is 421 Å². The van der Waals surface area contributed by atoms with Gasteiger partial charge in [-0.25, -0.2) is 4.98 Å². The van der Waals surface area contributed by atoms with Crippen LogP contribution in [0.2, 0.25) is 0 Å². The quantitative estimate of drug-likeness (QED) is 0.157. The van der Waals surface area contributed by atoms with Crippen LogP contribution in [0.5, 0.6) is 5.75 Å². The van der Waals surface area contributed by atoms with E-state index in [1.165, 1.54) is 22.3 Å². The standard InChI is InChI=1S/C67H63N3O/c1-42(2)45-27-29-47(30-28-45)49-33-34-68-59(40-49)53-38-51(46-19-13-11-14-20-46)37-52(39-53)56-24-18-26-61-63(56)69-65(57-41-54(66(5,6)7)36-44(4)64(57)71)70(61)60-32-31-50(35-43(60)3)62-55(48-21-15-12-16-22-48)23-17-25-58(62)67(8,9)10/h11-42,71H,1-10H3/i42D. The number of hydrogen-bond acceptors (Lipinski definition) is 3. The minimum absolute atomic E-state index is 0.104. The van der Waals surface area contributed by atoms with Crippen molar-refractivity contribution in [3.63, 3.8) is 0 Å². The maximum absolute atomic E-state index is 12.1. The summed E-state index contributed by atoms with van der Waals surface area (Å²) in [5, 5.41) is 12.1. The van der Waals surface area contributed by atoms with Crippen molar-refractivity contribution in [3.8, 4) is 89.7 Å². The molecule has 2 aromatic heterocycles. The van der Waals surface area contributed by atoms with Gasteiger partial charge in [-0.1, -0.05) is 183 Å². The Bertz CT molecular complexity index is 3640. The molecule has 2 heterocycles. The molecule has 10 rings (SSSR count). The Morgan fingerprint density at radius 2 is 1.14 bits per heavy atom. The zero-order valence-electron chi connectivity index (χ0n) is 43.7. The number of rotatable bonds is 9. The second kappa shape index (κ2) is 18.5. The Morgan fingerprint density at radius 3 is 1.82 bits per heavy atom. The molecule has 352 valence electrons. The van der Waals surface area contributed by atoms with Crippen molar-refractivity contribution in [2.75, 3.05) is 0 Å². The van der Waals surface area contributed by atoms with Gasteiger partial charge in [0, 0.05) is 18.7 Å². The number of pyridine rings is 1. The number of aromatic nitrogens is 3. The summed E-state index contributed by atoms with van der Waals surface area (Å²) in [6.07, 6.45) is 1.88. The summed E-state index contributed by atoms with van der Waals surface area (Å²) < 4.78 is 10.8. The fourth-order valence-electron chi connectivity index (χ4n) is 10.0. The fourth-order valence-corrected chi connectivity index (χ4v) is 10.0. The Hall–Kier alpha value is -7.82. The van der Waals surface area contributed by atoms with Crippen LogP contribution in [0.4, 0.5) is 0 Å². The summed E-state index contributed by atoms with van der Waals surface area (Å²) in [6.45, 7) is 21.5. The number of phenols is 1. The Balaban J connectivity index is 1.20. The summed E-state index contributed by atoms with van der Waals surface area (Å²) in [5.41, 5.74) is 21.3. The molecule has 10 aromatic rings. The van der Waals surface area contributed by atoms with E-state index >= 15 is 0 Å². The molecule has 0 atom stereocenters. The number of nitrogens with zero attached hydrogens (tertiary/aromatic N) is 3. The first-order chi connectivity index (χ1) is 34.3.